The first kappa shape index (κ1) is 15.1. The maximum absolute atomic E-state index is 11.0. The Balaban J connectivity index is 2.27. The molecule has 21 heavy (non-hydrogen) atoms. The van der Waals surface area contributed by atoms with Gasteiger partial charge in [-0.2, -0.15) is 0 Å². The van der Waals surface area contributed by atoms with Gasteiger partial charge in [-0.1, -0.05) is 29.8 Å². The van der Waals surface area contributed by atoms with Crippen molar-refractivity contribution >= 4 is 35.1 Å². The molecular formula is C16H15ClN2O2. The van der Waals surface area contributed by atoms with Gasteiger partial charge in [0, 0.05) is 30.9 Å². The molecule has 0 bridgehead atoms. The van der Waals surface area contributed by atoms with Gasteiger partial charge in [-0.05, 0) is 35.9 Å². The molecule has 0 saturated heterocycles. The van der Waals surface area contributed by atoms with Crippen molar-refractivity contribution in [2.75, 3.05) is 19.0 Å². The minimum absolute atomic E-state index is 0.00339. The van der Waals surface area contributed by atoms with Gasteiger partial charge in [0.2, 0.25) is 0 Å². The van der Waals surface area contributed by atoms with E-state index in [2.05, 4.69) is 0 Å². The first-order chi connectivity index (χ1) is 9.97. The predicted octanol–water partition coefficient (Wildman–Crippen LogP) is 4.48. The minimum atomic E-state index is -0.430. The number of nitro groups is 1. The smallest absolute Gasteiger partial charge is 0.278 e. The minimum Gasteiger partial charge on any atom is -0.378 e. The fraction of sp³-hybridized carbons (Fsp3) is 0.125. The molecule has 2 aromatic carbocycles. The largest absolute Gasteiger partial charge is 0.378 e. The van der Waals surface area contributed by atoms with Gasteiger partial charge in [-0.25, -0.2) is 0 Å². The molecule has 0 heterocycles. The van der Waals surface area contributed by atoms with E-state index in [-0.39, 0.29) is 5.69 Å². The standard InChI is InChI=1S/C16H15ClN2O2/c1-18(2)15-9-4-12(5-10-15)3-6-13-7-8-14(17)11-16(13)19(20)21/h3-11H,1-2H3/b6-3+. The number of benzene rings is 2. The topological polar surface area (TPSA) is 46.4 Å². The van der Waals surface area contributed by atoms with Crippen LogP contribution in [0.4, 0.5) is 11.4 Å². The van der Waals surface area contributed by atoms with Crippen LogP contribution in [0.15, 0.2) is 42.5 Å². The summed E-state index contributed by atoms with van der Waals surface area (Å²) in [6.07, 6.45) is 3.56. The number of nitro benzene ring substituents is 1. The van der Waals surface area contributed by atoms with Gasteiger partial charge in [-0.15, -0.1) is 0 Å². The normalized spacial score (nSPS) is 10.8. The Labute approximate surface area is 128 Å². The molecule has 0 aromatic heterocycles. The zero-order chi connectivity index (χ0) is 15.4. The highest BCUT2D eigenvalue weighted by atomic mass is 35.5. The Morgan fingerprint density at radius 3 is 2.33 bits per heavy atom. The third kappa shape index (κ3) is 3.83. The van der Waals surface area contributed by atoms with Crippen molar-refractivity contribution in [3.8, 4) is 0 Å². The molecule has 0 unspecified atom stereocenters. The molecule has 0 aliphatic rings. The summed E-state index contributed by atoms with van der Waals surface area (Å²) in [6, 6.07) is 12.6. The summed E-state index contributed by atoms with van der Waals surface area (Å²) >= 11 is 5.79. The molecule has 4 nitrogen and oxygen atoms in total. The van der Waals surface area contributed by atoms with Gasteiger partial charge >= 0.3 is 0 Å². The van der Waals surface area contributed by atoms with Gasteiger partial charge in [0.05, 0.1) is 10.5 Å². The summed E-state index contributed by atoms with van der Waals surface area (Å²) in [6.45, 7) is 0. The molecule has 2 aromatic rings. The van der Waals surface area contributed by atoms with E-state index in [1.54, 1.807) is 18.2 Å². The van der Waals surface area contributed by atoms with E-state index in [1.807, 2.05) is 49.3 Å². The van der Waals surface area contributed by atoms with E-state index in [0.29, 0.717) is 10.6 Å². The number of rotatable bonds is 4. The quantitative estimate of drug-likeness (QED) is 0.475. The molecule has 108 valence electrons. The average Bonchev–Trinajstić information content (AvgIpc) is 2.46. The fourth-order valence-corrected chi connectivity index (χ4v) is 2.05. The van der Waals surface area contributed by atoms with Gasteiger partial charge < -0.3 is 4.90 Å². The Morgan fingerprint density at radius 1 is 1.10 bits per heavy atom. The van der Waals surface area contributed by atoms with Crippen molar-refractivity contribution in [3.05, 3.63) is 68.7 Å². The highest BCUT2D eigenvalue weighted by Crippen LogP contribution is 2.25. The van der Waals surface area contributed by atoms with Crippen molar-refractivity contribution in [1.29, 1.82) is 0 Å². The van der Waals surface area contributed by atoms with Crippen molar-refractivity contribution in [1.82, 2.24) is 0 Å². The number of hydrogen-bond acceptors (Lipinski definition) is 3. The second-order valence-corrected chi connectivity index (χ2v) is 5.22. The third-order valence-corrected chi connectivity index (χ3v) is 3.29. The number of nitrogens with zero attached hydrogens (tertiary/aromatic N) is 2. The Bertz CT molecular complexity index is 679. The third-order valence-electron chi connectivity index (χ3n) is 3.05. The van der Waals surface area contributed by atoms with E-state index in [0.717, 1.165) is 11.3 Å². The van der Waals surface area contributed by atoms with E-state index >= 15 is 0 Å². The van der Waals surface area contributed by atoms with Crippen LogP contribution < -0.4 is 4.90 Å². The maximum atomic E-state index is 11.0. The summed E-state index contributed by atoms with van der Waals surface area (Å²) in [5.41, 5.74) is 2.61. The lowest BCUT2D eigenvalue weighted by molar-refractivity contribution is -0.385. The molecule has 0 aliphatic carbocycles. The van der Waals surface area contributed by atoms with Crippen LogP contribution in [0.1, 0.15) is 11.1 Å². The lowest BCUT2D eigenvalue weighted by Gasteiger charge is -2.11. The van der Waals surface area contributed by atoms with Gasteiger partial charge in [0.25, 0.3) is 5.69 Å². The highest BCUT2D eigenvalue weighted by Gasteiger charge is 2.11. The van der Waals surface area contributed by atoms with Crippen LogP contribution >= 0.6 is 11.6 Å². The summed E-state index contributed by atoms with van der Waals surface area (Å²) in [7, 11) is 3.95. The second kappa shape index (κ2) is 6.41. The first-order valence-corrected chi connectivity index (χ1v) is 6.74. The highest BCUT2D eigenvalue weighted by molar-refractivity contribution is 6.30. The van der Waals surface area contributed by atoms with Gasteiger partial charge in [0.15, 0.2) is 0 Å². The monoisotopic (exact) mass is 302 g/mol. The molecular weight excluding hydrogens is 288 g/mol. The SMILES string of the molecule is CN(C)c1ccc(/C=C/c2ccc(Cl)cc2[N+](=O)[O-])cc1. The fourth-order valence-electron chi connectivity index (χ4n) is 1.89. The van der Waals surface area contributed by atoms with Crippen molar-refractivity contribution in [2.24, 2.45) is 0 Å². The first-order valence-electron chi connectivity index (χ1n) is 6.37. The van der Waals surface area contributed by atoms with Crippen LogP contribution in [-0.2, 0) is 0 Å². The van der Waals surface area contributed by atoms with Crippen LogP contribution in [0, 0.1) is 10.1 Å². The molecule has 2 rings (SSSR count). The van der Waals surface area contributed by atoms with E-state index in [4.69, 9.17) is 11.6 Å². The molecule has 0 atom stereocenters. The van der Waals surface area contributed by atoms with Crippen molar-refractivity contribution in [2.45, 2.75) is 0 Å². The Morgan fingerprint density at radius 2 is 1.76 bits per heavy atom. The maximum Gasteiger partial charge on any atom is 0.278 e. The second-order valence-electron chi connectivity index (χ2n) is 4.78. The van der Waals surface area contributed by atoms with Crippen molar-refractivity contribution in [3.63, 3.8) is 0 Å². The lowest BCUT2D eigenvalue weighted by Crippen LogP contribution is -2.07. The average molecular weight is 303 g/mol. The molecule has 0 amide bonds. The van der Waals surface area contributed by atoms with Gasteiger partial charge in [-0.3, -0.25) is 10.1 Å². The molecule has 0 N–H and O–H groups in total. The van der Waals surface area contributed by atoms with Crippen LogP contribution in [-0.4, -0.2) is 19.0 Å². The molecule has 0 aliphatic heterocycles. The summed E-state index contributed by atoms with van der Waals surface area (Å²) < 4.78 is 0. The van der Waals surface area contributed by atoms with Crippen LogP contribution in [0.2, 0.25) is 5.02 Å². The Kier molecular flexibility index (Phi) is 4.60. The van der Waals surface area contributed by atoms with Crippen LogP contribution in [0.5, 0.6) is 0 Å². The molecule has 5 heteroatoms. The molecule has 0 saturated carbocycles. The Hall–Kier alpha value is -2.33. The molecule has 0 spiro atoms. The molecule has 0 fully saturated rings. The summed E-state index contributed by atoms with van der Waals surface area (Å²) in [4.78, 5) is 12.6. The lowest BCUT2D eigenvalue weighted by atomic mass is 10.1. The summed E-state index contributed by atoms with van der Waals surface area (Å²) in [5.74, 6) is 0. The zero-order valence-corrected chi connectivity index (χ0v) is 12.5. The van der Waals surface area contributed by atoms with Crippen LogP contribution in [0.25, 0.3) is 12.2 Å². The number of anilines is 1. The zero-order valence-electron chi connectivity index (χ0n) is 11.8. The summed E-state index contributed by atoms with van der Waals surface area (Å²) in [5, 5.41) is 11.4. The van der Waals surface area contributed by atoms with Gasteiger partial charge in [0.1, 0.15) is 0 Å². The van der Waals surface area contributed by atoms with E-state index in [1.165, 1.54) is 6.07 Å². The number of hydrogen-bond donors (Lipinski definition) is 0. The van der Waals surface area contributed by atoms with Crippen molar-refractivity contribution < 1.29 is 4.92 Å². The molecule has 0 radical (unpaired) electrons. The predicted molar refractivity (Wildman–Crippen MR) is 87.8 cm³/mol. The van der Waals surface area contributed by atoms with E-state index < -0.39 is 4.92 Å². The number of halogens is 1. The van der Waals surface area contributed by atoms with Crippen LogP contribution in [0.3, 0.4) is 0 Å². The van der Waals surface area contributed by atoms with E-state index in [9.17, 15) is 10.1 Å².